The van der Waals surface area contributed by atoms with Crippen molar-refractivity contribution in [2.75, 3.05) is 14.1 Å². The van der Waals surface area contributed by atoms with E-state index in [1.54, 1.807) is 0 Å². The van der Waals surface area contributed by atoms with Gasteiger partial charge in [0.05, 0.1) is 0 Å². The Hall–Kier alpha value is -0.860. The Morgan fingerprint density at radius 3 is 1.36 bits per heavy atom. The predicted octanol–water partition coefficient (Wildman–Crippen LogP) is 2.77. The first-order valence-corrected chi connectivity index (χ1v) is 4.99. The topological polar surface area (TPSA) is 6.02 Å². The molecule has 0 saturated carbocycles. The number of hydrogen-bond donors (Lipinski definition) is 0. The van der Waals surface area contributed by atoms with E-state index in [9.17, 15) is 0 Å². The number of hydrogen-bond acceptors (Lipinski definition) is 0. The molecule has 0 aromatic heterocycles. The van der Waals surface area contributed by atoms with Crippen molar-refractivity contribution in [3.8, 4) is 0 Å². The highest BCUT2D eigenvalue weighted by molar-refractivity contribution is 6.55. The minimum atomic E-state index is 1.03. The molecule has 0 aliphatic heterocycles. The third-order valence-electron chi connectivity index (χ3n) is 1.96. The lowest BCUT2D eigenvalue weighted by atomic mass is 10.3. The van der Waals surface area contributed by atoms with Crippen LogP contribution in [0.3, 0.4) is 0 Å². The summed E-state index contributed by atoms with van der Waals surface area (Å²) < 4.78 is 3.66. The molecule has 74 valence electrons. The Bertz CT molecular complexity index is 329. The third kappa shape index (κ3) is 2.56. The molecule has 0 saturated heterocycles. The van der Waals surface area contributed by atoms with Crippen LogP contribution in [-0.2, 0) is 0 Å². The molecule has 4 heteroatoms. The summed E-state index contributed by atoms with van der Waals surface area (Å²) in [6.07, 6.45) is 0. The molecule has 0 amide bonds. The summed E-state index contributed by atoms with van der Waals surface area (Å²) in [4.78, 5) is 0. The molecule has 0 atom stereocenters. The first-order chi connectivity index (χ1) is 6.69. The lowest BCUT2D eigenvalue weighted by Crippen LogP contribution is -1.98. The predicted molar refractivity (Wildman–Crippen MR) is 62.0 cm³/mol. The number of rotatable bonds is 2. The second-order valence-corrected chi connectivity index (χ2v) is 3.32. The van der Waals surface area contributed by atoms with Crippen molar-refractivity contribution in [2.45, 2.75) is 0 Å². The fraction of sp³-hybridized carbons (Fsp3) is 0.200. The van der Waals surface area contributed by atoms with E-state index in [1.165, 1.54) is 11.3 Å². The standard InChI is InChI=1S/C10H12Cl2N2/c1-13(7-11)9-3-5-10(6-4-9)14(2)8-12/h3-8H,1-2H3/q+2. The van der Waals surface area contributed by atoms with Gasteiger partial charge in [-0.1, -0.05) is 0 Å². The highest BCUT2D eigenvalue weighted by Gasteiger charge is 2.06. The highest BCUT2D eigenvalue weighted by atomic mass is 35.5. The quantitative estimate of drug-likeness (QED) is 0.545. The van der Waals surface area contributed by atoms with Crippen LogP contribution in [0, 0.1) is 0 Å². The lowest BCUT2D eigenvalue weighted by Gasteiger charge is -1.96. The van der Waals surface area contributed by atoms with Crippen molar-refractivity contribution in [3.05, 3.63) is 24.3 Å². The molecule has 1 aromatic carbocycles. The van der Waals surface area contributed by atoms with E-state index in [1.807, 2.05) is 47.5 Å². The van der Waals surface area contributed by atoms with Crippen LogP contribution in [0.25, 0.3) is 0 Å². The summed E-state index contributed by atoms with van der Waals surface area (Å²) in [7, 11) is 3.78. The zero-order chi connectivity index (χ0) is 10.6. The van der Waals surface area contributed by atoms with Crippen LogP contribution >= 0.6 is 23.2 Å². The first-order valence-electron chi connectivity index (χ1n) is 4.12. The maximum Gasteiger partial charge on any atom is 0.238 e. The van der Waals surface area contributed by atoms with E-state index >= 15 is 0 Å². The van der Waals surface area contributed by atoms with Gasteiger partial charge >= 0.3 is 0 Å². The summed E-state index contributed by atoms with van der Waals surface area (Å²) in [5.41, 5.74) is 5.05. The summed E-state index contributed by atoms with van der Waals surface area (Å²) in [5, 5.41) is 0. The van der Waals surface area contributed by atoms with E-state index in [2.05, 4.69) is 0 Å². The Morgan fingerprint density at radius 1 is 0.857 bits per heavy atom. The van der Waals surface area contributed by atoms with E-state index in [4.69, 9.17) is 23.2 Å². The average molecular weight is 231 g/mol. The molecule has 0 radical (unpaired) electrons. The molecular formula is C10H12Cl2N2+2. The van der Waals surface area contributed by atoms with Gasteiger partial charge in [0.1, 0.15) is 14.1 Å². The second-order valence-electron chi connectivity index (χ2n) is 2.93. The summed E-state index contributed by atoms with van der Waals surface area (Å²) >= 11 is 11.2. The number of halogens is 2. The Labute approximate surface area is 93.7 Å². The Morgan fingerprint density at radius 2 is 1.14 bits per heavy atom. The van der Waals surface area contributed by atoms with Crippen LogP contribution in [0.5, 0.6) is 0 Å². The monoisotopic (exact) mass is 230 g/mol. The normalized spacial score (nSPS) is 13.1. The smallest absolute Gasteiger partial charge is 0.191 e. The summed E-state index contributed by atoms with van der Waals surface area (Å²) in [6.45, 7) is 0. The molecule has 1 rings (SSSR count). The second kappa shape index (κ2) is 5.13. The Balaban J connectivity index is 3.01. The van der Waals surface area contributed by atoms with Crippen LogP contribution in [0.4, 0.5) is 11.4 Å². The lowest BCUT2D eigenvalue weighted by molar-refractivity contribution is -0.401. The van der Waals surface area contributed by atoms with Gasteiger partial charge in [-0.15, -0.1) is 0 Å². The van der Waals surface area contributed by atoms with Crippen molar-refractivity contribution in [1.82, 2.24) is 0 Å². The molecule has 0 fully saturated rings. The van der Waals surface area contributed by atoms with Gasteiger partial charge < -0.3 is 0 Å². The molecule has 1 aromatic rings. The molecule has 14 heavy (non-hydrogen) atoms. The van der Waals surface area contributed by atoms with Gasteiger partial charge in [0.25, 0.3) is 0 Å². The minimum Gasteiger partial charge on any atom is -0.191 e. The zero-order valence-corrected chi connectivity index (χ0v) is 9.63. The van der Waals surface area contributed by atoms with Gasteiger partial charge in [0.15, 0.2) is 0 Å². The van der Waals surface area contributed by atoms with Gasteiger partial charge in [-0.3, -0.25) is 0 Å². The molecule has 0 aliphatic rings. The maximum atomic E-state index is 5.58. The van der Waals surface area contributed by atoms with Gasteiger partial charge in [0, 0.05) is 24.3 Å². The van der Waals surface area contributed by atoms with Crippen molar-refractivity contribution in [3.63, 3.8) is 0 Å². The molecule has 0 N–H and O–H groups in total. The van der Waals surface area contributed by atoms with Gasteiger partial charge in [-0.05, 0) is 23.2 Å². The number of nitrogens with zero attached hydrogens (tertiary/aromatic N) is 2. The summed E-state index contributed by atoms with van der Waals surface area (Å²) in [6, 6.07) is 7.91. The largest absolute Gasteiger partial charge is 0.238 e. The van der Waals surface area contributed by atoms with E-state index in [0.29, 0.717) is 0 Å². The van der Waals surface area contributed by atoms with Crippen molar-refractivity contribution < 1.29 is 9.15 Å². The summed E-state index contributed by atoms with van der Waals surface area (Å²) in [5.74, 6) is 0. The van der Waals surface area contributed by atoms with E-state index < -0.39 is 0 Å². The van der Waals surface area contributed by atoms with Crippen LogP contribution in [0.2, 0.25) is 0 Å². The molecule has 0 spiro atoms. The zero-order valence-electron chi connectivity index (χ0n) is 8.11. The van der Waals surface area contributed by atoms with Crippen LogP contribution < -0.4 is 0 Å². The van der Waals surface area contributed by atoms with E-state index in [0.717, 1.165) is 11.4 Å². The van der Waals surface area contributed by atoms with Crippen molar-refractivity contribution in [2.24, 2.45) is 0 Å². The third-order valence-corrected chi connectivity index (χ3v) is 2.54. The molecular weight excluding hydrogens is 219 g/mol. The van der Waals surface area contributed by atoms with Crippen LogP contribution in [0.1, 0.15) is 0 Å². The van der Waals surface area contributed by atoms with Crippen molar-refractivity contribution in [1.29, 1.82) is 0 Å². The Kier molecular flexibility index (Phi) is 4.11. The molecule has 2 nitrogen and oxygen atoms in total. The maximum absolute atomic E-state index is 5.58. The fourth-order valence-electron chi connectivity index (χ4n) is 1.04. The van der Waals surface area contributed by atoms with Crippen LogP contribution in [0.15, 0.2) is 24.3 Å². The van der Waals surface area contributed by atoms with Gasteiger partial charge in [-0.25, -0.2) is 0 Å². The minimum absolute atomic E-state index is 1.03. The SMILES string of the molecule is C[N+](=CCl)c1ccc([N+](C)=CCl)cc1. The first kappa shape index (κ1) is 11.2. The van der Waals surface area contributed by atoms with Crippen LogP contribution in [-0.4, -0.2) is 34.6 Å². The highest BCUT2D eigenvalue weighted by Crippen LogP contribution is 2.16. The molecule has 0 heterocycles. The van der Waals surface area contributed by atoms with Crippen molar-refractivity contribution >= 4 is 45.9 Å². The molecule has 0 bridgehead atoms. The van der Waals surface area contributed by atoms with E-state index in [-0.39, 0.29) is 0 Å². The molecule has 0 unspecified atom stereocenters. The van der Waals surface area contributed by atoms with Gasteiger partial charge in [0.2, 0.25) is 22.7 Å². The number of benzene rings is 1. The van der Waals surface area contributed by atoms with Gasteiger partial charge in [-0.2, -0.15) is 9.15 Å². The fourth-order valence-corrected chi connectivity index (χ4v) is 1.26. The average Bonchev–Trinajstić information content (AvgIpc) is 2.27. The molecule has 0 aliphatic carbocycles.